The van der Waals surface area contributed by atoms with Gasteiger partial charge in [0.1, 0.15) is 0 Å². The van der Waals surface area contributed by atoms with E-state index in [1.807, 2.05) is 48.5 Å². The quantitative estimate of drug-likeness (QED) is 0.646. The molecule has 0 bridgehead atoms. The fourth-order valence-electron chi connectivity index (χ4n) is 1.89. The van der Waals surface area contributed by atoms with Crippen LogP contribution in [0.5, 0.6) is 0 Å². The maximum absolute atomic E-state index is 5.88. The van der Waals surface area contributed by atoms with Crippen molar-refractivity contribution >= 4 is 23.8 Å². The van der Waals surface area contributed by atoms with Gasteiger partial charge in [0.25, 0.3) is 4.84 Å². The molecule has 0 radical (unpaired) electrons. The van der Waals surface area contributed by atoms with Crippen LogP contribution < -0.4 is 0 Å². The van der Waals surface area contributed by atoms with Crippen molar-refractivity contribution < 1.29 is 4.42 Å². The first-order valence-corrected chi connectivity index (χ1v) is 6.56. The van der Waals surface area contributed by atoms with Gasteiger partial charge in [-0.1, -0.05) is 48.0 Å². The monoisotopic (exact) mass is 287 g/mol. The van der Waals surface area contributed by atoms with Crippen molar-refractivity contribution in [2.75, 3.05) is 0 Å². The van der Waals surface area contributed by atoms with Gasteiger partial charge in [-0.2, -0.15) is 0 Å². The highest BCUT2D eigenvalue weighted by Crippen LogP contribution is 2.25. The Balaban J connectivity index is 1.94. The lowest BCUT2D eigenvalue weighted by atomic mass is 10.0. The Bertz CT molecular complexity index is 741. The number of H-pyrrole nitrogens is 1. The summed E-state index contributed by atoms with van der Waals surface area (Å²) in [5.74, 6) is 0.743. The minimum atomic E-state index is 0.386. The summed E-state index contributed by atoms with van der Waals surface area (Å²) in [6.45, 7) is 0. The van der Waals surface area contributed by atoms with E-state index in [-0.39, 0.29) is 0 Å². The van der Waals surface area contributed by atoms with Gasteiger partial charge in [0.05, 0.1) is 0 Å². The lowest BCUT2D eigenvalue weighted by Gasteiger charge is -2.03. The fraction of sp³-hybridized carbons (Fsp3) is 0. The molecule has 1 heterocycles. The van der Waals surface area contributed by atoms with E-state index in [1.54, 1.807) is 6.20 Å². The number of halogens is 1. The van der Waals surface area contributed by atoms with Crippen molar-refractivity contribution in [3.8, 4) is 22.5 Å². The third kappa shape index (κ3) is 2.62. The average molecular weight is 288 g/mol. The van der Waals surface area contributed by atoms with Gasteiger partial charge in [0.2, 0.25) is 0 Å². The first kappa shape index (κ1) is 12.2. The molecule has 0 unspecified atom stereocenters. The molecule has 3 rings (SSSR count). The molecule has 0 aliphatic carbocycles. The number of hydrogen-bond donors (Lipinski definition) is 1. The van der Waals surface area contributed by atoms with Gasteiger partial charge in [-0.25, -0.2) is 0 Å². The summed E-state index contributed by atoms with van der Waals surface area (Å²) in [5.41, 5.74) is 3.26. The molecule has 19 heavy (non-hydrogen) atoms. The SMILES string of the molecule is S=c1[nH]cc(-c2ccc(-c3ccc(Cl)cc3)cc2)o1. The molecule has 0 saturated heterocycles. The molecule has 0 atom stereocenters. The predicted octanol–water partition coefficient (Wildman–Crippen LogP) is 5.32. The largest absolute Gasteiger partial charge is 0.429 e. The maximum Gasteiger partial charge on any atom is 0.266 e. The molecule has 2 aromatic carbocycles. The number of benzene rings is 2. The molecule has 0 saturated carbocycles. The molecule has 4 heteroatoms. The van der Waals surface area contributed by atoms with Crippen LogP contribution >= 0.6 is 23.8 Å². The summed E-state index contributed by atoms with van der Waals surface area (Å²) in [6.07, 6.45) is 1.76. The lowest BCUT2D eigenvalue weighted by molar-refractivity contribution is 0.554. The fourth-order valence-corrected chi connectivity index (χ4v) is 2.17. The van der Waals surface area contributed by atoms with E-state index in [1.165, 1.54) is 0 Å². The Labute approximate surface area is 120 Å². The molecule has 0 spiro atoms. The molecule has 0 fully saturated rings. The van der Waals surface area contributed by atoms with Crippen LogP contribution in [0.1, 0.15) is 0 Å². The number of aromatic nitrogens is 1. The first-order valence-electron chi connectivity index (χ1n) is 5.77. The molecule has 3 aromatic rings. The standard InChI is InChI=1S/C15H10ClNOS/c16-13-7-5-11(6-8-13)10-1-3-12(4-2-10)14-9-17-15(19)18-14/h1-9H,(H,17,19). The van der Waals surface area contributed by atoms with E-state index < -0.39 is 0 Å². The van der Waals surface area contributed by atoms with Crippen molar-refractivity contribution in [3.05, 3.63) is 64.6 Å². The number of oxazole rings is 1. The second kappa shape index (κ2) is 5.03. The first-order chi connectivity index (χ1) is 9.22. The van der Waals surface area contributed by atoms with Gasteiger partial charge in [0, 0.05) is 16.8 Å². The van der Waals surface area contributed by atoms with Crippen LogP contribution in [0.2, 0.25) is 5.02 Å². The van der Waals surface area contributed by atoms with Crippen LogP contribution in [0.15, 0.2) is 59.1 Å². The topological polar surface area (TPSA) is 28.9 Å². The molecule has 1 N–H and O–H groups in total. The summed E-state index contributed by atoms with van der Waals surface area (Å²) in [4.78, 5) is 3.24. The van der Waals surface area contributed by atoms with Crippen LogP contribution in [-0.2, 0) is 0 Å². The number of hydrogen-bond acceptors (Lipinski definition) is 2. The zero-order valence-corrected chi connectivity index (χ0v) is 11.5. The molecule has 1 aromatic heterocycles. The van der Waals surface area contributed by atoms with E-state index in [2.05, 4.69) is 4.98 Å². The number of rotatable bonds is 2. The summed E-state index contributed by atoms with van der Waals surface area (Å²) < 4.78 is 5.37. The van der Waals surface area contributed by atoms with Gasteiger partial charge in [-0.15, -0.1) is 0 Å². The third-order valence-corrected chi connectivity index (χ3v) is 3.32. The van der Waals surface area contributed by atoms with E-state index in [0.29, 0.717) is 4.84 Å². The Morgan fingerprint density at radius 1 is 0.842 bits per heavy atom. The van der Waals surface area contributed by atoms with Crippen LogP contribution in [0.4, 0.5) is 0 Å². The molecule has 0 aliphatic rings. The van der Waals surface area contributed by atoms with Crippen LogP contribution in [0, 0.1) is 4.84 Å². The second-order valence-corrected chi connectivity index (χ2v) is 4.93. The molecule has 0 amide bonds. The molecule has 94 valence electrons. The summed E-state index contributed by atoms with van der Waals surface area (Å²) in [5, 5.41) is 0.740. The van der Waals surface area contributed by atoms with E-state index in [4.69, 9.17) is 28.2 Å². The van der Waals surface area contributed by atoms with E-state index >= 15 is 0 Å². The Hall–Kier alpha value is -1.84. The molecule has 2 nitrogen and oxygen atoms in total. The Morgan fingerprint density at radius 3 is 1.89 bits per heavy atom. The highest BCUT2D eigenvalue weighted by molar-refractivity contribution is 7.71. The normalized spacial score (nSPS) is 10.6. The van der Waals surface area contributed by atoms with E-state index in [0.717, 1.165) is 27.5 Å². The Morgan fingerprint density at radius 2 is 1.37 bits per heavy atom. The van der Waals surface area contributed by atoms with Gasteiger partial charge in [0.15, 0.2) is 5.76 Å². The highest BCUT2D eigenvalue weighted by atomic mass is 35.5. The van der Waals surface area contributed by atoms with Gasteiger partial charge < -0.3 is 9.40 Å². The highest BCUT2D eigenvalue weighted by Gasteiger charge is 2.03. The van der Waals surface area contributed by atoms with Gasteiger partial charge in [-0.05, 0) is 35.5 Å². The van der Waals surface area contributed by atoms with Crippen LogP contribution in [-0.4, -0.2) is 4.98 Å². The van der Waals surface area contributed by atoms with Gasteiger partial charge in [-0.3, -0.25) is 0 Å². The van der Waals surface area contributed by atoms with Crippen molar-refractivity contribution in [3.63, 3.8) is 0 Å². The minimum Gasteiger partial charge on any atom is -0.429 e. The molecular weight excluding hydrogens is 278 g/mol. The maximum atomic E-state index is 5.88. The smallest absolute Gasteiger partial charge is 0.266 e. The van der Waals surface area contributed by atoms with Crippen molar-refractivity contribution in [1.82, 2.24) is 4.98 Å². The third-order valence-electron chi connectivity index (χ3n) is 2.87. The van der Waals surface area contributed by atoms with Crippen molar-refractivity contribution in [2.45, 2.75) is 0 Å². The van der Waals surface area contributed by atoms with Crippen molar-refractivity contribution in [1.29, 1.82) is 0 Å². The van der Waals surface area contributed by atoms with Crippen molar-refractivity contribution in [2.24, 2.45) is 0 Å². The predicted molar refractivity (Wildman–Crippen MR) is 79.8 cm³/mol. The number of nitrogens with one attached hydrogen (secondary N) is 1. The Kier molecular flexibility index (Phi) is 3.23. The summed E-state index contributed by atoms with van der Waals surface area (Å²) >= 11 is 10.8. The lowest BCUT2D eigenvalue weighted by Crippen LogP contribution is -1.78. The minimum absolute atomic E-state index is 0.386. The number of aromatic amines is 1. The van der Waals surface area contributed by atoms with Crippen LogP contribution in [0.25, 0.3) is 22.5 Å². The summed E-state index contributed by atoms with van der Waals surface area (Å²) in [7, 11) is 0. The van der Waals surface area contributed by atoms with Gasteiger partial charge >= 0.3 is 0 Å². The second-order valence-electron chi connectivity index (χ2n) is 4.13. The molecule has 0 aliphatic heterocycles. The molecular formula is C15H10ClNOS. The van der Waals surface area contributed by atoms with Crippen LogP contribution in [0.3, 0.4) is 0 Å². The summed E-state index contributed by atoms with van der Waals surface area (Å²) in [6, 6.07) is 15.9. The van der Waals surface area contributed by atoms with E-state index in [9.17, 15) is 0 Å². The zero-order chi connectivity index (χ0) is 13.2. The zero-order valence-electron chi connectivity index (χ0n) is 9.89. The average Bonchev–Trinajstić information content (AvgIpc) is 2.87.